The molecule has 0 saturated heterocycles. The van der Waals surface area contributed by atoms with Gasteiger partial charge in [-0.15, -0.1) is 12.8 Å². The Kier molecular flexibility index (Phi) is 9.35. The average Bonchev–Trinajstić information content (AvgIpc) is 1.89. The molecule has 10 heavy (non-hydrogen) atoms. The maximum Gasteiger partial charge on any atom is 0.0968 e. The molecule has 0 nitrogen and oxygen atoms in total. The monoisotopic (exact) mass is 140 g/mol. The molecule has 0 bridgehead atoms. The van der Waals surface area contributed by atoms with Crippen molar-refractivity contribution in [2.75, 3.05) is 0 Å². The van der Waals surface area contributed by atoms with Crippen LogP contribution in [0.15, 0.2) is 23.6 Å². The summed E-state index contributed by atoms with van der Waals surface area (Å²) >= 11 is 0. The third-order valence-corrected chi connectivity index (χ3v) is 0.646. The van der Waals surface area contributed by atoms with Gasteiger partial charge in [-0.3, -0.25) is 0 Å². The highest BCUT2D eigenvalue weighted by molar-refractivity contribution is 5.09. The van der Waals surface area contributed by atoms with E-state index < -0.39 is 0 Å². The van der Waals surface area contributed by atoms with E-state index in [9.17, 15) is 4.39 Å². The van der Waals surface area contributed by atoms with E-state index in [0.29, 0.717) is 0 Å². The summed E-state index contributed by atoms with van der Waals surface area (Å²) in [5.74, 6) is -0.147. The molecule has 0 aromatic heterocycles. The van der Waals surface area contributed by atoms with Crippen molar-refractivity contribution in [3.63, 3.8) is 0 Å². The molecule has 0 aliphatic heterocycles. The second-order valence-corrected chi connectivity index (χ2v) is 2.00. The van der Waals surface area contributed by atoms with Crippen molar-refractivity contribution in [3.05, 3.63) is 23.6 Å². The molecular weight excluding hydrogens is 127 g/mol. The number of allylic oxidation sites excluding steroid dienone is 4. The van der Waals surface area contributed by atoms with Gasteiger partial charge in [-0.1, -0.05) is 11.6 Å². The minimum absolute atomic E-state index is 0.147. The van der Waals surface area contributed by atoms with E-state index in [1.54, 1.807) is 6.08 Å². The minimum Gasteiger partial charge on any atom is -0.212 e. The molecular formula is C9H13F. The molecule has 1 heteroatoms. The highest BCUT2D eigenvalue weighted by Crippen LogP contribution is 1.95. The third-order valence-electron chi connectivity index (χ3n) is 0.646. The van der Waals surface area contributed by atoms with E-state index >= 15 is 0 Å². The molecule has 0 amide bonds. The summed E-state index contributed by atoms with van der Waals surface area (Å²) in [6, 6.07) is 0. The minimum atomic E-state index is -0.147. The van der Waals surface area contributed by atoms with E-state index in [-0.39, 0.29) is 5.83 Å². The van der Waals surface area contributed by atoms with Gasteiger partial charge in [0.15, 0.2) is 0 Å². The molecule has 0 N–H and O–H groups in total. The molecule has 0 atom stereocenters. The summed E-state index contributed by atoms with van der Waals surface area (Å²) in [7, 11) is 0. The van der Waals surface area contributed by atoms with E-state index in [4.69, 9.17) is 0 Å². The predicted octanol–water partition coefficient (Wildman–Crippen LogP) is 3.08. The van der Waals surface area contributed by atoms with Gasteiger partial charge in [0.05, 0.1) is 5.83 Å². The molecule has 0 fully saturated rings. The lowest BCUT2D eigenvalue weighted by atomic mass is 10.3. The lowest BCUT2D eigenvalue weighted by Gasteiger charge is -1.81. The van der Waals surface area contributed by atoms with E-state index in [0.717, 1.165) is 5.57 Å². The van der Waals surface area contributed by atoms with Crippen molar-refractivity contribution in [2.24, 2.45) is 0 Å². The summed E-state index contributed by atoms with van der Waals surface area (Å²) in [5, 5.41) is 0. The maximum absolute atomic E-state index is 11.9. The predicted molar refractivity (Wildman–Crippen MR) is 44.2 cm³/mol. The largest absolute Gasteiger partial charge is 0.212 e. The fraction of sp³-hybridized carbons (Fsp3) is 0.333. The summed E-state index contributed by atoms with van der Waals surface area (Å²) in [6.45, 7) is 5.29. The van der Waals surface area contributed by atoms with Crippen LogP contribution in [0.4, 0.5) is 4.39 Å². The van der Waals surface area contributed by atoms with Crippen molar-refractivity contribution in [1.82, 2.24) is 0 Å². The molecule has 56 valence electrons. The average molecular weight is 140 g/mol. The summed E-state index contributed by atoms with van der Waals surface area (Å²) < 4.78 is 11.9. The van der Waals surface area contributed by atoms with Crippen LogP contribution in [0.3, 0.4) is 0 Å². The van der Waals surface area contributed by atoms with Crippen molar-refractivity contribution >= 4 is 0 Å². The van der Waals surface area contributed by atoms with Gasteiger partial charge in [-0.25, -0.2) is 4.39 Å². The zero-order valence-corrected chi connectivity index (χ0v) is 6.69. The Morgan fingerprint density at radius 3 is 1.60 bits per heavy atom. The Hall–Kier alpha value is -1.03. The fourth-order valence-corrected chi connectivity index (χ4v) is 0.281. The van der Waals surface area contributed by atoms with Crippen LogP contribution in [-0.2, 0) is 0 Å². The molecule has 0 saturated carbocycles. The number of rotatable bonds is 1. The van der Waals surface area contributed by atoms with Crippen molar-refractivity contribution < 1.29 is 4.39 Å². The quantitative estimate of drug-likeness (QED) is 0.388. The zero-order valence-electron chi connectivity index (χ0n) is 6.69. The lowest BCUT2D eigenvalue weighted by Crippen LogP contribution is -1.61. The van der Waals surface area contributed by atoms with Crippen molar-refractivity contribution in [2.45, 2.75) is 20.8 Å². The maximum atomic E-state index is 11.9. The summed E-state index contributed by atoms with van der Waals surface area (Å²) in [5.41, 5.74) is 1.11. The van der Waals surface area contributed by atoms with Gasteiger partial charge in [0.25, 0.3) is 0 Å². The smallest absolute Gasteiger partial charge is 0.0968 e. The zero-order chi connectivity index (χ0) is 8.57. The number of terminal acetylenes is 1. The Bertz CT molecular complexity index is 125. The summed E-state index contributed by atoms with van der Waals surface area (Å²) in [4.78, 5) is 0. The Morgan fingerprint density at radius 1 is 1.10 bits per heavy atom. The molecule has 0 aromatic rings. The van der Waals surface area contributed by atoms with Crippen LogP contribution in [0.2, 0.25) is 0 Å². The Balaban J connectivity index is 0. The van der Waals surface area contributed by atoms with Crippen LogP contribution >= 0.6 is 0 Å². The van der Waals surface area contributed by atoms with Crippen LogP contribution in [0, 0.1) is 12.8 Å². The molecule has 0 radical (unpaired) electrons. The first-order chi connectivity index (χ1) is 4.63. The van der Waals surface area contributed by atoms with Gasteiger partial charge in [-0.2, -0.15) is 0 Å². The van der Waals surface area contributed by atoms with Gasteiger partial charge >= 0.3 is 0 Å². The van der Waals surface area contributed by atoms with Crippen LogP contribution in [-0.4, -0.2) is 0 Å². The normalized spacial score (nSPS) is 9.20. The number of halogens is 1. The van der Waals surface area contributed by atoms with Crippen molar-refractivity contribution in [3.8, 4) is 12.8 Å². The van der Waals surface area contributed by atoms with Gasteiger partial charge in [0, 0.05) is 0 Å². The molecule has 0 spiro atoms. The SMILES string of the molecule is C#C.CC(C)=C/C=C(\C)F. The lowest BCUT2D eigenvalue weighted by molar-refractivity contribution is 0.640. The second-order valence-electron chi connectivity index (χ2n) is 2.00. The van der Waals surface area contributed by atoms with E-state index in [1.807, 2.05) is 13.8 Å². The summed E-state index contributed by atoms with van der Waals surface area (Å²) in [6.07, 6.45) is 11.2. The van der Waals surface area contributed by atoms with Gasteiger partial charge in [0.1, 0.15) is 0 Å². The van der Waals surface area contributed by atoms with Crippen LogP contribution in [0.25, 0.3) is 0 Å². The van der Waals surface area contributed by atoms with Gasteiger partial charge in [0.2, 0.25) is 0 Å². The first-order valence-electron chi connectivity index (χ1n) is 2.93. The second kappa shape index (κ2) is 7.97. The standard InChI is InChI=1S/C7H11F.C2H2/c1-6(2)4-5-7(3)8;1-2/h4-5H,1-3H3;1-2H/b7-5+;. The van der Waals surface area contributed by atoms with Crippen LogP contribution < -0.4 is 0 Å². The molecule has 0 aliphatic rings. The highest BCUT2D eigenvalue weighted by Gasteiger charge is 1.75. The molecule has 0 aliphatic carbocycles. The van der Waals surface area contributed by atoms with Gasteiger partial charge < -0.3 is 0 Å². The molecule has 0 unspecified atom stereocenters. The molecule has 0 rings (SSSR count). The van der Waals surface area contributed by atoms with Crippen molar-refractivity contribution in [1.29, 1.82) is 0 Å². The van der Waals surface area contributed by atoms with E-state index in [1.165, 1.54) is 13.0 Å². The number of hydrogen-bond acceptors (Lipinski definition) is 0. The Morgan fingerprint density at radius 2 is 1.50 bits per heavy atom. The molecule has 0 aromatic carbocycles. The first kappa shape index (κ1) is 11.7. The fourth-order valence-electron chi connectivity index (χ4n) is 0.281. The number of hydrogen-bond donors (Lipinski definition) is 0. The van der Waals surface area contributed by atoms with Gasteiger partial charge in [-0.05, 0) is 26.8 Å². The van der Waals surface area contributed by atoms with E-state index in [2.05, 4.69) is 12.8 Å². The third kappa shape index (κ3) is 15.8. The van der Waals surface area contributed by atoms with Crippen LogP contribution in [0.1, 0.15) is 20.8 Å². The molecule has 0 heterocycles. The van der Waals surface area contributed by atoms with Crippen LogP contribution in [0.5, 0.6) is 0 Å². The first-order valence-corrected chi connectivity index (χ1v) is 2.93. The Labute approximate surface area is 62.5 Å². The highest BCUT2D eigenvalue weighted by atomic mass is 19.1. The topological polar surface area (TPSA) is 0 Å².